The molecule has 0 bridgehead atoms. The van der Waals surface area contributed by atoms with E-state index < -0.39 is 0 Å². The first kappa shape index (κ1) is 28.5. The summed E-state index contributed by atoms with van der Waals surface area (Å²) < 4.78 is 6.29. The molecule has 0 spiro atoms. The number of benzene rings is 3. The van der Waals surface area contributed by atoms with E-state index in [4.69, 9.17) is 16.3 Å². The molecule has 0 radical (unpaired) electrons. The number of rotatable bonds is 12. The number of imide groups is 1. The summed E-state index contributed by atoms with van der Waals surface area (Å²) in [6.45, 7) is 0.677. The zero-order valence-electron chi connectivity index (χ0n) is 25.2. The van der Waals surface area contributed by atoms with E-state index in [1.165, 1.54) is 16.7 Å². The second-order valence-electron chi connectivity index (χ2n) is 13.2. The first-order valence-electron chi connectivity index (χ1n) is 16.2. The van der Waals surface area contributed by atoms with Crippen LogP contribution in [-0.4, -0.2) is 22.9 Å². The predicted octanol–water partition coefficient (Wildman–Crippen LogP) is 7.66. The molecule has 1 aromatic heterocycles. The maximum Gasteiger partial charge on any atom is 0.259 e. The third-order valence-corrected chi connectivity index (χ3v) is 10.5. The van der Waals surface area contributed by atoms with Gasteiger partial charge in [-0.05, 0) is 115 Å². The van der Waals surface area contributed by atoms with Crippen LogP contribution in [0.25, 0.3) is 11.1 Å². The van der Waals surface area contributed by atoms with Gasteiger partial charge in [-0.3, -0.25) is 19.9 Å². The van der Waals surface area contributed by atoms with Crippen molar-refractivity contribution >= 4 is 23.4 Å². The van der Waals surface area contributed by atoms with Crippen LogP contribution in [0.3, 0.4) is 0 Å². The molecule has 8 rings (SSSR count). The minimum Gasteiger partial charge on any atom is -0.490 e. The summed E-state index contributed by atoms with van der Waals surface area (Å²) in [6, 6.07) is 22.6. The number of halogens is 1. The van der Waals surface area contributed by atoms with E-state index in [1.54, 1.807) is 6.07 Å². The lowest BCUT2D eigenvalue weighted by Crippen LogP contribution is -2.29. The fourth-order valence-electron chi connectivity index (χ4n) is 7.09. The Morgan fingerprint density at radius 3 is 2.51 bits per heavy atom. The molecule has 0 atom stereocenters. The molecule has 3 aliphatic carbocycles. The van der Waals surface area contributed by atoms with E-state index in [0.29, 0.717) is 23.8 Å². The Hall–Kier alpha value is -4.00. The fourth-order valence-corrected chi connectivity index (χ4v) is 7.27. The number of hydrogen-bond acceptors (Lipinski definition) is 5. The molecule has 45 heavy (non-hydrogen) atoms. The van der Waals surface area contributed by atoms with Gasteiger partial charge < -0.3 is 10.1 Å². The van der Waals surface area contributed by atoms with Gasteiger partial charge in [0.05, 0.1) is 17.2 Å². The number of carbonyl (C=O) groups excluding carboxylic acids is 2. The third-order valence-electron chi connectivity index (χ3n) is 10.2. The number of nitrogens with one attached hydrogen (secondary N) is 2. The number of aryl methyl sites for hydroxylation is 1. The molecule has 4 aliphatic rings. The van der Waals surface area contributed by atoms with Crippen LogP contribution in [0.15, 0.2) is 79.1 Å². The van der Waals surface area contributed by atoms with Gasteiger partial charge in [0.15, 0.2) is 0 Å². The van der Waals surface area contributed by atoms with Gasteiger partial charge in [0.2, 0.25) is 0 Å². The van der Waals surface area contributed by atoms with E-state index in [0.717, 1.165) is 85.2 Å². The average molecular weight is 618 g/mol. The fraction of sp³-hybridized carbons (Fsp3) is 0.342. The van der Waals surface area contributed by atoms with Crippen molar-refractivity contribution in [3.05, 3.63) is 118 Å². The molecule has 0 unspecified atom stereocenters. The van der Waals surface area contributed by atoms with Gasteiger partial charge in [0, 0.05) is 35.1 Å². The second kappa shape index (κ2) is 11.1. The first-order valence-corrected chi connectivity index (χ1v) is 16.5. The van der Waals surface area contributed by atoms with Gasteiger partial charge in [0.25, 0.3) is 11.8 Å². The summed E-state index contributed by atoms with van der Waals surface area (Å²) in [6.07, 6.45) is 13.6. The molecular weight excluding hydrogens is 582 g/mol. The lowest BCUT2D eigenvalue weighted by Gasteiger charge is -2.23. The topological polar surface area (TPSA) is 80.3 Å². The third kappa shape index (κ3) is 5.44. The molecule has 4 aromatic rings. The van der Waals surface area contributed by atoms with E-state index in [-0.39, 0.29) is 22.8 Å². The van der Waals surface area contributed by atoms with Gasteiger partial charge in [-0.25, -0.2) is 0 Å². The molecule has 6 nitrogen and oxygen atoms in total. The van der Waals surface area contributed by atoms with Crippen LogP contribution in [0.1, 0.15) is 94.3 Å². The van der Waals surface area contributed by atoms with Gasteiger partial charge in [-0.1, -0.05) is 54.1 Å². The number of pyridine rings is 1. The molecule has 2 N–H and O–H groups in total. The maximum absolute atomic E-state index is 12.4. The van der Waals surface area contributed by atoms with Crippen LogP contribution in [0, 0.1) is 0 Å². The monoisotopic (exact) mass is 617 g/mol. The van der Waals surface area contributed by atoms with E-state index >= 15 is 0 Å². The number of nitrogens with zero attached hydrogens (tertiary/aromatic N) is 1. The van der Waals surface area contributed by atoms with Crippen molar-refractivity contribution in [3.8, 4) is 16.9 Å². The van der Waals surface area contributed by atoms with Crippen LogP contribution in [0.5, 0.6) is 5.75 Å². The van der Waals surface area contributed by atoms with Crippen LogP contribution < -0.4 is 15.4 Å². The highest BCUT2D eigenvalue weighted by Gasteiger charge is 2.46. The largest absolute Gasteiger partial charge is 0.490 e. The highest BCUT2D eigenvalue weighted by Crippen LogP contribution is 2.53. The minimum atomic E-state index is -0.294. The van der Waals surface area contributed by atoms with E-state index in [2.05, 4.69) is 58.1 Å². The Bertz CT molecular complexity index is 1820. The normalized spacial score (nSPS) is 18.8. The lowest BCUT2D eigenvalue weighted by molar-refractivity contribution is 0.0879. The van der Waals surface area contributed by atoms with Crippen molar-refractivity contribution in [2.75, 3.05) is 0 Å². The van der Waals surface area contributed by atoms with E-state index in [1.807, 2.05) is 30.6 Å². The van der Waals surface area contributed by atoms with E-state index in [9.17, 15) is 9.59 Å². The Labute approximate surface area is 268 Å². The molecule has 3 aromatic carbocycles. The van der Waals surface area contributed by atoms with Crippen molar-refractivity contribution in [3.63, 3.8) is 0 Å². The Morgan fingerprint density at radius 2 is 1.71 bits per heavy atom. The standard InChI is InChI=1S/C38H36ClN3O3/c39-32-13-10-26(37(16-17-37)15-4-6-24-5-3-8-30-34(24)36(44)42-35(30)43)21-25(32)22-41-38(18-19-38)31-23-40-20-14-28(31)29-7-1-2-9-33(29)45-27-11-12-27/h1-3,5,7-10,13-14,20-21,23,27,41H,4,6,11-12,15-19,22H2,(H,42,43,44). The van der Waals surface area contributed by atoms with Crippen molar-refractivity contribution in [1.29, 1.82) is 0 Å². The summed E-state index contributed by atoms with van der Waals surface area (Å²) in [4.78, 5) is 29.0. The molecule has 3 fully saturated rings. The number of amides is 2. The minimum absolute atomic E-state index is 0.142. The second-order valence-corrected chi connectivity index (χ2v) is 13.6. The molecule has 2 heterocycles. The maximum atomic E-state index is 12.4. The van der Waals surface area contributed by atoms with Gasteiger partial charge >= 0.3 is 0 Å². The van der Waals surface area contributed by atoms with Gasteiger partial charge in [-0.2, -0.15) is 0 Å². The number of aromatic nitrogens is 1. The van der Waals surface area contributed by atoms with Gasteiger partial charge in [0.1, 0.15) is 5.75 Å². The molecule has 1 aliphatic heterocycles. The highest BCUT2D eigenvalue weighted by atomic mass is 35.5. The predicted molar refractivity (Wildman–Crippen MR) is 175 cm³/mol. The number of para-hydroxylation sites is 1. The van der Waals surface area contributed by atoms with Crippen LogP contribution in [0.4, 0.5) is 0 Å². The van der Waals surface area contributed by atoms with Crippen molar-refractivity contribution in [2.24, 2.45) is 0 Å². The van der Waals surface area contributed by atoms with Gasteiger partial charge in [-0.15, -0.1) is 0 Å². The average Bonchev–Trinajstić information content (AvgIpc) is 3.95. The van der Waals surface area contributed by atoms with Crippen molar-refractivity contribution in [2.45, 2.75) is 81.4 Å². The van der Waals surface area contributed by atoms with Crippen LogP contribution in [-0.2, 0) is 23.9 Å². The summed E-state index contributed by atoms with van der Waals surface area (Å²) in [7, 11) is 0. The Kier molecular flexibility index (Phi) is 7.03. The zero-order chi connectivity index (χ0) is 30.6. The molecule has 228 valence electrons. The summed E-state index contributed by atoms with van der Waals surface area (Å²) in [5.74, 6) is 0.379. The van der Waals surface area contributed by atoms with Crippen LogP contribution >= 0.6 is 11.6 Å². The summed E-state index contributed by atoms with van der Waals surface area (Å²) in [5, 5.41) is 7.11. The summed E-state index contributed by atoms with van der Waals surface area (Å²) in [5.41, 5.74) is 7.98. The van der Waals surface area contributed by atoms with Crippen molar-refractivity contribution < 1.29 is 14.3 Å². The Balaban J connectivity index is 0.976. The highest BCUT2D eigenvalue weighted by molar-refractivity contribution is 6.31. The number of ether oxygens (including phenoxy) is 1. The van der Waals surface area contributed by atoms with Crippen molar-refractivity contribution in [1.82, 2.24) is 15.6 Å². The smallest absolute Gasteiger partial charge is 0.259 e. The lowest BCUT2D eigenvalue weighted by atomic mass is 9.87. The quantitative estimate of drug-likeness (QED) is 0.160. The zero-order valence-corrected chi connectivity index (χ0v) is 26.0. The molecular formula is C38H36ClN3O3. The Morgan fingerprint density at radius 1 is 0.889 bits per heavy atom. The first-order chi connectivity index (χ1) is 21.9. The molecule has 2 amide bonds. The SMILES string of the molecule is O=C1NC(=O)c2c(CCCC3(c4ccc(Cl)c(CNC5(c6cnccc6-c6ccccc6OC6CC6)CC5)c4)CC3)cccc21. The number of hydrogen-bond donors (Lipinski definition) is 2. The number of carbonyl (C=O) groups is 2. The van der Waals surface area contributed by atoms with Crippen LogP contribution in [0.2, 0.25) is 5.02 Å². The number of fused-ring (bicyclic) bond motifs is 1. The molecule has 0 saturated heterocycles. The summed E-state index contributed by atoms with van der Waals surface area (Å²) >= 11 is 6.79. The molecule has 3 saturated carbocycles. The molecule has 7 heteroatoms.